The van der Waals surface area contributed by atoms with Crippen molar-refractivity contribution in [3.05, 3.63) is 83.7 Å². The molecule has 4 heteroatoms. The molecule has 0 saturated heterocycles. The zero-order valence-corrected chi connectivity index (χ0v) is 15.2. The van der Waals surface area contributed by atoms with E-state index in [1.54, 1.807) is 0 Å². The first-order valence-corrected chi connectivity index (χ1v) is 8.85. The monoisotopic (exact) mass is 348 g/mol. The van der Waals surface area contributed by atoms with Crippen LogP contribution < -0.4 is 10.1 Å². The summed E-state index contributed by atoms with van der Waals surface area (Å²) in [7, 11) is 0. The molecule has 0 radical (unpaired) electrons. The Morgan fingerprint density at radius 1 is 1.04 bits per heavy atom. The van der Waals surface area contributed by atoms with E-state index in [2.05, 4.69) is 5.32 Å². The minimum absolute atomic E-state index is 0.0611. The summed E-state index contributed by atoms with van der Waals surface area (Å²) in [6, 6.07) is 17.7. The SMILES string of the molecule is Cc1cccc(OCCCNC(=O)c2ccc(C)c(-n3cccc3)c2)c1. The third-order valence-electron chi connectivity index (χ3n) is 4.22. The topological polar surface area (TPSA) is 43.3 Å². The summed E-state index contributed by atoms with van der Waals surface area (Å²) in [6.07, 6.45) is 4.72. The van der Waals surface area contributed by atoms with Gasteiger partial charge in [0.05, 0.1) is 6.61 Å². The molecule has 0 aliphatic heterocycles. The van der Waals surface area contributed by atoms with Gasteiger partial charge in [-0.1, -0.05) is 18.2 Å². The summed E-state index contributed by atoms with van der Waals surface area (Å²) in [5, 5.41) is 2.96. The fourth-order valence-corrected chi connectivity index (χ4v) is 2.80. The zero-order chi connectivity index (χ0) is 18.4. The number of rotatable bonds is 7. The number of hydrogen-bond donors (Lipinski definition) is 1. The lowest BCUT2D eigenvalue weighted by Gasteiger charge is -2.11. The third kappa shape index (κ3) is 4.54. The molecule has 134 valence electrons. The molecule has 1 aromatic heterocycles. The Morgan fingerprint density at radius 3 is 2.62 bits per heavy atom. The van der Waals surface area contributed by atoms with Crippen LogP contribution in [-0.4, -0.2) is 23.6 Å². The van der Waals surface area contributed by atoms with Crippen molar-refractivity contribution in [3.63, 3.8) is 0 Å². The van der Waals surface area contributed by atoms with Gasteiger partial charge in [-0.05, 0) is 67.8 Å². The van der Waals surface area contributed by atoms with E-state index < -0.39 is 0 Å². The number of carbonyl (C=O) groups is 1. The Morgan fingerprint density at radius 2 is 1.85 bits per heavy atom. The van der Waals surface area contributed by atoms with Crippen molar-refractivity contribution in [1.29, 1.82) is 0 Å². The van der Waals surface area contributed by atoms with Crippen molar-refractivity contribution < 1.29 is 9.53 Å². The summed E-state index contributed by atoms with van der Waals surface area (Å²) in [5.41, 5.74) is 3.99. The molecule has 0 aliphatic carbocycles. The number of aromatic nitrogens is 1. The molecule has 2 aromatic carbocycles. The first-order chi connectivity index (χ1) is 12.6. The van der Waals surface area contributed by atoms with Gasteiger partial charge in [-0.15, -0.1) is 0 Å². The molecule has 1 heterocycles. The van der Waals surface area contributed by atoms with Gasteiger partial charge in [0.15, 0.2) is 0 Å². The molecule has 0 bridgehead atoms. The van der Waals surface area contributed by atoms with Crippen LogP contribution in [0, 0.1) is 13.8 Å². The van der Waals surface area contributed by atoms with E-state index in [9.17, 15) is 4.79 Å². The van der Waals surface area contributed by atoms with Crippen molar-refractivity contribution >= 4 is 5.91 Å². The molecule has 0 fully saturated rings. The van der Waals surface area contributed by atoms with Crippen molar-refractivity contribution in [3.8, 4) is 11.4 Å². The quantitative estimate of drug-likeness (QED) is 0.647. The van der Waals surface area contributed by atoms with Crippen LogP contribution in [0.4, 0.5) is 0 Å². The lowest BCUT2D eigenvalue weighted by molar-refractivity contribution is 0.0951. The van der Waals surface area contributed by atoms with Crippen molar-refractivity contribution in [2.24, 2.45) is 0 Å². The van der Waals surface area contributed by atoms with E-state index >= 15 is 0 Å². The maximum Gasteiger partial charge on any atom is 0.251 e. The fourth-order valence-electron chi connectivity index (χ4n) is 2.80. The van der Waals surface area contributed by atoms with Gasteiger partial charge in [0, 0.05) is 30.2 Å². The lowest BCUT2D eigenvalue weighted by atomic mass is 10.1. The maximum absolute atomic E-state index is 12.4. The smallest absolute Gasteiger partial charge is 0.251 e. The van der Waals surface area contributed by atoms with Gasteiger partial charge >= 0.3 is 0 Å². The van der Waals surface area contributed by atoms with Gasteiger partial charge in [-0.25, -0.2) is 0 Å². The molecule has 0 unspecified atom stereocenters. The highest BCUT2D eigenvalue weighted by molar-refractivity contribution is 5.94. The van der Waals surface area contributed by atoms with E-state index in [0.717, 1.165) is 23.4 Å². The van der Waals surface area contributed by atoms with Crippen LogP contribution in [0.2, 0.25) is 0 Å². The molecule has 0 saturated carbocycles. The Balaban J connectivity index is 1.50. The van der Waals surface area contributed by atoms with E-state index in [4.69, 9.17) is 4.74 Å². The fraction of sp³-hybridized carbons (Fsp3) is 0.227. The summed E-state index contributed by atoms with van der Waals surface area (Å²) in [5.74, 6) is 0.806. The summed E-state index contributed by atoms with van der Waals surface area (Å²) >= 11 is 0. The summed E-state index contributed by atoms with van der Waals surface area (Å²) in [6.45, 7) is 5.24. The second-order valence-electron chi connectivity index (χ2n) is 6.37. The van der Waals surface area contributed by atoms with E-state index in [-0.39, 0.29) is 5.91 Å². The highest BCUT2D eigenvalue weighted by Crippen LogP contribution is 2.16. The molecule has 0 atom stereocenters. The zero-order valence-electron chi connectivity index (χ0n) is 15.2. The van der Waals surface area contributed by atoms with Crippen LogP contribution in [-0.2, 0) is 0 Å². The lowest BCUT2D eigenvalue weighted by Crippen LogP contribution is -2.25. The molecule has 1 N–H and O–H groups in total. The number of carbonyl (C=O) groups excluding carboxylic acids is 1. The van der Waals surface area contributed by atoms with Crippen LogP contribution in [0.15, 0.2) is 67.0 Å². The molecule has 3 aromatic rings. The summed E-state index contributed by atoms with van der Waals surface area (Å²) < 4.78 is 7.72. The van der Waals surface area contributed by atoms with Gasteiger partial charge in [0.1, 0.15) is 5.75 Å². The number of amides is 1. The number of ether oxygens (including phenoxy) is 1. The van der Waals surface area contributed by atoms with Gasteiger partial charge < -0.3 is 14.6 Å². The number of aryl methyl sites for hydroxylation is 2. The average Bonchev–Trinajstić information content (AvgIpc) is 3.16. The Labute approximate surface area is 154 Å². The molecule has 4 nitrogen and oxygen atoms in total. The average molecular weight is 348 g/mol. The molecule has 1 amide bonds. The van der Waals surface area contributed by atoms with Gasteiger partial charge in [0.2, 0.25) is 0 Å². The predicted octanol–water partition coefficient (Wildman–Crippen LogP) is 4.29. The van der Waals surface area contributed by atoms with Crippen molar-refractivity contribution in [1.82, 2.24) is 9.88 Å². The highest BCUT2D eigenvalue weighted by atomic mass is 16.5. The van der Waals surface area contributed by atoms with Crippen LogP contribution in [0.25, 0.3) is 5.69 Å². The van der Waals surface area contributed by atoms with Crippen LogP contribution >= 0.6 is 0 Å². The van der Waals surface area contributed by atoms with Crippen LogP contribution in [0.1, 0.15) is 27.9 Å². The van der Waals surface area contributed by atoms with Crippen molar-refractivity contribution in [2.75, 3.05) is 13.2 Å². The number of hydrogen-bond acceptors (Lipinski definition) is 2. The molecular formula is C22H24N2O2. The van der Waals surface area contributed by atoms with E-state index in [1.165, 1.54) is 5.56 Å². The Hall–Kier alpha value is -3.01. The van der Waals surface area contributed by atoms with Gasteiger partial charge in [-0.2, -0.15) is 0 Å². The van der Waals surface area contributed by atoms with Crippen LogP contribution in [0.3, 0.4) is 0 Å². The largest absolute Gasteiger partial charge is 0.494 e. The molecule has 26 heavy (non-hydrogen) atoms. The van der Waals surface area contributed by atoms with Crippen molar-refractivity contribution in [2.45, 2.75) is 20.3 Å². The predicted molar refractivity (Wildman–Crippen MR) is 104 cm³/mol. The third-order valence-corrected chi connectivity index (χ3v) is 4.22. The van der Waals surface area contributed by atoms with Gasteiger partial charge in [0.25, 0.3) is 5.91 Å². The standard InChI is InChI=1S/C22H24N2O2/c1-17-7-5-8-20(15-17)26-14-6-11-23-22(25)19-10-9-18(2)21(16-19)24-12-3-4-13-24/h3-5,7-10,12-13,15-16H,6,11,14H2,1-2H3,(H,23,25). The Bertz CT molecular complexity index is 870. The second-order valence-corrected chi connectivity index (χ2v) is 6.37. The van der Waals surface area contributed by atoms with Gasteiger partial charge in [-0.3, -0.25) is 4.79 Å². The molecule has 0 aliphatic rings. The summed E-state index contributed by atoms with van der Waals surface area (Å²) in [4.78, 5) is 12.4. The first-order valence-electron chi connectivity index (χ1n) is 8.85. The normalized spacial score (nSPS) is 10.5. The first kappa shape index (κ1) is 17.8. The van der Waals surface area contributed by atoms with E-state index in [1.807, 2.05) is 85.4 Å². The number of benzene rings is 2. The minimum atomic E-state index is -0.0611. The Kier molecular flexibility index (Phi) is 5.74. The number of nitrogens with one attached hydrogen (secondary N) is 1. The highest BCUT2D eigenvalue weighted by Gasteiger charge is 2.08. The molecule has 3 rings (SSSR count). The maximum atomic E-state index is 12.4. The second kappa shape index (κ2) is 8.39. The molecule has 0 spiro atoms. The minimum Gasteiger partial charge on any atom is -0.494 e. The van der Waals surface area contributed by atoms with E-state index in [0.29, 0.717) is 18.7 Å². The molecular weight excluding hydrogens is 324 g/mol. The number of nitrogens with zero attached hydrogens (tertiary/aromatic N) is 1. The van der Waals surface area contributed by atoms with Crippen LogP contribution in [0.5, 0.6) is 5.75 Å².